The third-order valence-electron chi connectivity index (χ3n) is 3.19. The van der Waals surface area contributed by atoms with E-state index in [1.54, 1.807) is 0 Å². The summed E-state index contributed by atoms with van der Waals surface area (Å²) in [5, 5.41) is 0. The average Bonchev–Trinajstić information content (AvgIpc) is 2.14. The number of benzene rings is 1. The van der Waals surface area contributed by atoms with Crippen LogP contribution in [-0.2, 0) is 0 Å². The Bertz CT molecular complexity index is 291. The number of hydrogen-bond donors (Lipinski definition) is 0. The summed E-state index contributed by atoms with van der Waals surface area (Å²) in [5.41, 5.74) is 1.89. The van der Waals surface area contributed by atoms with E-state index in [-0.39, 0.29) is 0 Å². The second kappa shape index (κ2) is 3.02. The molecule has 0 nitrogen and oxygen atoms in total. The second-order valence-corrected chi connectivity index (χ2v) is 4.37. The Morgan fingerprint density at radius 1 is 1.31 bits per heavy atom. The van der Waals surface area contributed by atoms with Crippen molar-refractivity contribution in [2.24, 2.45) is 5.41 Å². The molecule has 1 aliphatic rings. The lowest BCUT2D eigenvalue weighted by atomic mass is 9.61. The topological polar surface area (TPSA) is 0 Å². The fourth-order valence-electron chi connectivity index (χ4n) is 2.19. The molecule has 0 radical (unpaired) electrons. The highest BCUT2D eigenvalue weighted by molar-refractivity contribution is 5.24. The van der Waals surface area contributed by atoms with E-state index in [0.717, 1.165) is 5.92 Å². The van der Waals surface area contributed by atoms with Gasteiger partial charge in [0.25, 0.3) is 0 Å². The molecular formula is C13H16. The van der Waals surface area contributed by atoms with Crippen LogP contribution in [-0.4, -0.2) is 0 Å². The van der Waals surface area contributed by atoms with Crippen LogP contribution in [0.25, 0.3) is 0 Å². The molecule has 1 aromatic rings. The third kappa shape index (κ3) is 1.53. The van der Waals surface area contributed by atoms with E-state index in [0.29, 0.717) is 5.41 Å². The summed E-state index contributed by atoms with van der Waals surface area (Å²) in [7, 11) is 0. The summed E-state index contributed by atoms with van der Waals surface area (Å²) >= 11 is 0. The van der Waals surface area contributed by atoms with Crippen molar-refractivity contribution in [3.05, 3.63) is 48.6 Å². The van der Waals surface area contributed by atoms with Gasteiger partial charge in [-0.3, -0.25) is 0 Å². The van der Waals surface area contributed by atoms with Gasteiger partial charge in [0.15, 0.2) is 0 Å². The Balaban J connectivity index is 2.05. The Labute approximate surface area is 80.3 Å². The number of rotatable bonds is 2. The molecule has 1 fully saturated rings. The lowest BCUT2D eigenvalue weighted by Crippen LogP contribution is -2.30. The van der Waals surface area contributed by atoms with Crippen molar-refractivity contribution in [2.45, 2.75) is 25.7 Å². The van der Waals surface area contributed by atoms with Gasteiger partial charge in [0, 0.05) is 0 Å². The molecule has 1 aromatic carbocycles. The molecule has 0 atom stereocenters. The molecule has 0 bridgehead atoms. The minimum atomic E-state index is 0.403. The van der Waals surface area contributed by atoms with Crippen LogP contribution in [0.2, 0.25) is 0 Å². The zero-order valence-corrected chi connectivity index (χ0v) is 8.16. The Morgan fingerprint density at radius 3 is 2.46 bits per heavy atom. The first-order chi connectivity index (χ1) is 6.23. The van der Waals surface area contributed by atoms with E-state index in [9.17, 15) is 0 Å². The molecule has 1 aliphatic carbocycles. The first-order valence-electron chi connectivity index (χ1n) is 4.92. The summed E-state index contributed by atoms with van der Waals surface area (Å²) in [5.74, 6) is 0.768. The molecule has 2 rings (SSSR count). The SMILES string of the molecule is C=CC1(C)CC(c2ccccc2)C1. The summed E-state index contributed by atoms with van der Waals surface area (Å²) in [6, 6.07) is 10.8. The van der Waals surface area contributed by atoms with Gasteiger partial charge in [0.2, 0.25) is 0 Å². The summed E-state index contributed by atoms with van der Waals surface area (Å²) in [4.78, 5) is 0. The molecule has 0 heteroatoms. The predicted molar refractivity (Wildman–Crippen MR) is 56.7 cm³/mol. The summed E-state index contributed by atoms with van der Waals surface area (Å²) in [6.45, 7) is 6.17. The maximum absolute atomic E-state index is 3.88. The van der Waals surface area contributed by atoms with Crippen LogP contribution in [0.1, 0.15) is 31.2 Å². The fourth-order valence-corrected chi connectivity index (χ4v) is 2.19. The van der Waals surface area contributed by atoms with Gasteiger partial charge in [0.1, 0.15) is 0 Å². The van der Waals surface area contributed by atoms with Gasteiger partial charge in [-0.05, 0) is 29.7 Å². The molecule has 1 saturated carbocycles. The van der Waals surface area contributed by atoms with Crippen LogP contribution >= 0.6 is 0 Å². The Hall–Kier alpha value is -1.04. The van der Waals surface area contributed by atoms with Crippen LogP contribution in [0.3, 0.4) is 0 Å². The molecule has 0 aliphatic heterocycles. The highest BCUT2D eigenvalue weighted by Gasteiger charge is 2.37. The van der Waals surface area contributed by atoms with Gasteiger partial charge < -0.3 is 0 Å². The summed E-state index contributed by atoms with van der Waals surface area (Å²) < 4.78 is 0. The molecule has 0 spiro atoms. The first kappa shape index (κ1) is 8.55. The quantitative estimate of drug-likeness (QED) is 0.596. The van der Waals surface area contributed by atoms with Gasteiger partial charge in [-0.2, -0.15) is 0 Å². The predicted octanol–water partition coefficient (Wildman–Crippen LogP) is 3.76. The summed E-state index contributed by atoms with van der Waals surface area (Å²) in [6.07, 6.45) is 4.63. The van der Waals surface area contributed by atoms with Crippen molar-refractivity contribution >= 4 is 0 Å². The van der Waals surface area contributed by atoms with Crippen molar-refractivity contribution in [2.75, 3.05) is 0 Å². The third-order valence-corrected chi connectivity index (χ3v) is 3.19. The van der Waals surface area contributed by atoms with Crippen LogP contribution in [0.4, 0.5) is 0 Å². The van der Waals surface area contributed by atoms with E-state index in [1.165, 1.54) is 18.4 Å². The van der Waals surface area contributed by atoms with Crippen LogP contribution < -0.4 is 0 Å². The van der Waals surface area contributed by atoms with Gasteiger partial charge in [-0.25, -0.2) is 0 Å². The van der Waals surface area contributed by atoms with Gasteiger partial charge in [0.05, 0.1) is 0 Å². The molecule has 68 valence electrons. The van der Waals surface area contributed by atoms with Crippen LogP contribution in [0.5, 0.6) is 0 Å². The first-order valence-corrected chi connectivity index (χ1v) is 4.92. The highest BCUT2D eigenvalue weighted by atomic mass is 14.4. The molecular weight excluding hydrogens is 156 g/mol. The monoisotopic (exact) mass is 172 g/mol. The lowest BCUT2D eigenvalue weighted by molar-refractivity contribution is 0.190. The van der Waals surface area contributed by atoms with Gasteiger partial charge >= 0.3 is 0 Å². The van der Waals surface area contributed by atoms with Gasteiger partial charge in [-0.1, -0.05) is 43.3 Å². The molecule has 0 heterocycles. The zero-order chi connectivity index (χ0) is 9.31. The van der Waals surface area contributed by atoms with Crippen molar-refractivity contribution < 1.29 is 0 Å². The van der Waals surface area contributed by atoms with E-state index in [2.05, 4.69) is 49.9 Å². The molecule has 0 saturated heterocycles. The van der Waals surface area contributed by atoms with E-state index in [1.807, 2.05) is 0 Å². The van der Waals surface area contributed by atoms with Gasteiger partial charge in [-0.15, -0.1) is 6.58 Å². The average molecular weight is 172 g/mol. The minimum Gasteiger partial charge on any atom is -0.103 e. The largest absolute Gasteiger partial charge is 0.103 e. The van der Waals surface area contributed by atoms with Crippen molar-refractivity contribution in [3.8, 4) is 0 Å². The fraction of sp³-hybridized carbons (Fsp3) is 0.385. The van der Waals surface area contributed by atoms with Crippen LogP contribution in [0, 0.1) is 5.41 Å². The smallest absolute Gasteiger partial charge is 0.0138 e. The minimum absolute atomic E-state index is 0.403. The molecule has 0 amide bonds. The van der Waals surface area contributed by atoms with Crippen molar-refractivity contribution in [1.82, 2.24) is 0 Å². The lowest BCUT2D eigenvalue weighted by Gasteiger charge is -2.43. The Kier molecular flexibility index (Phi) is 1.99. The molecule has 13 heavy (non-hydrogen) atoms. The molecule has 0 unspecified atom stereocenters. The highest BCUT2D eigenvalue weighted by Crippen LogP contribution is 2.51. The number of hydrogen-bond acceptors (Lipinski definition) is 0. The second-order valence-electron chi connectivity index (χ2n) is 4.37. The standard InChI is InChI=1S/C13H16/c1-3-13(2)9-12(10-13)11-7-5-4-6-8-11/h3-8,12H,1,9-10H2,2H3. The maximum Gasteiger partial charge on any atom is -0.0138 e. The van der Waals surface area contributed by atoms with Crippen LogP contribution in [0.15, 0.2) is 43.0 Å². The Morgan fingerprint density at radius 2 is 1.92 bits per heavy atom. The maximum atomic E-state index is 3.88. The normalized spacial score (nSPS) is 32.2. The zero-order valence-electron chi connectivity index (χ0n) is 8.16. The van der Waals surface area contributed by atoms with E-state index >= 15 is 0 Å². The van der Waals surface area contributed by atoms with E-state index < -0.39 is 0 Å². The van der Waals surface area contributed by atoms with Crippen molar-refractivity contribution in [3.63, 3.8) is 0 Å². The molecule has 0 N–H and O–H groups in total. The van der Waals surface area contributed by atoms with Crippen molar-refractivity contribution in [1.29, 1.82) is 0 Å². The molecule has 0 aromatic heterocycles. The van der Waals surface area contributed by atoms with E-state index in [4.69, 9.17) is 0 Å². The number of allylic oxidation sites excluding steroid dienone is 1.